The standard InChI is InChI=1S/C21H23N3O5S/c1-27-16-9-13(10-17(28-2)18(16)29-3)19(25)22-21(30)24-23-20(26)15-11-14(15)12-7-5-4-6-8-12/h4-10,14-15H,11H2,1-3H3,(H,23,26)(H2,22,24,25,30)/t14-,15+/m0/s1. The van der Waals surface area contributed by atoms with Crippen molar-refractivity contribution in [1.82, 2.24) is 16.2 Å². The molecular formula is C21H23N3O5S. The summed E-state index contributed by atoms with van der Waals surface area (Å²) in [5.41, 5.74) is 6.51. The molecule has 9 heteroatoms. The van der Waals surface area contributed by atoms with E-state index in [1.54, 1.807) is 0 Å². The minimum atomic E-state index is -0.491. The summed E-state index contributed by atoms with van der Waals surface area (Å²) in [6, 6.07) is 12.9. The van der Waals surface area contributed by atoms with Crippen molar-refractivity contribution in [2.75, 3.05) is 21.3 Å². The monoisotopic (exact) mass is 429 g/mol. The second-order valence-corrected chi connectivity index (χ2v) is 7.08. The molecule has 1 aliphatic rings. The van der Waals surface area contributed by atoms with Gasteiger partial charge >= 0.3 is 0 Å². The molecule has 0 saturated heterocycles. The van der Waals surface area contributed by atoms with Crippen LogP contribution in [-0.2, 0) is 4.79 Å². The van der Waals surface area contributed by atoms with Crippen molar-refractivity contribution in [3.63, 3.8) is 0 Å². The van der Waals surface area contributed by atoms with E-state index in [-0.39, 0.29) is 28.4 Å². The van der Waals surface area contributed by atoms with Gasteiger partial charge in [0, 0.05) is 11.5 Å². The van der Waals surface area contributed by atoms with Gasteiger partial charge in [-0.2, -0.15) is 0 Å². The Hall–Kier alpha value is -3.33. The molecule has 8 nitrogen and oxygen atoms in total. The Morgan fingerprint density at radius 3 is 2.17 bits per heavy atom. The van der Waals surface area contributed by atoms with Gasteiger partial charge in [0.25, 0.3) is 5.91 Å². The highest BCUT2D eigenvalue weighted by Crippen LogP contribution is 2.47. The number of hydrogen-bond acceptors (Lipinski definition) is 6. The molecule has 0 heterocycles. The Labute approximate surface area is 179 Å². The third kappa shape index (κ3) is 4.80. The molecule has 1 fully saturated rings. The number of amides is 2. The molecule has 0 aliphatic heterocycles. The molecule has 2 aromatic rings. The Morgan fingerprint density at radius 1 is 0.967 bits per heavy atom. The molecule has 2 amide bonds. The SMILES string of the molecule is COc1cc(C(=O)NC(=S)NNC(=O)[C@@H]2C[C@H]2c2ccccc2)cc(OC)c1OC. The number of hydrogen-bond donors (Lipinski definition) is 3. The van der Waals surface area contributed by atoms with Gasteiger partial charge in [-0.3, -0.25) is 25.8 Å². The lowest BCUT2D eigenvalue weighted by atomic mass is 10.1. The van der Waals surface area contributed by atoms with Crippen LogP contribution in [0.3, 0.4) is 0 Å². The average Bonchev–Trinajstić information content (AvgIpc) is 3.58. The first-order valence-corrected chi connectivity index (χ1v) is 9.65. The number of nitrogens with one attached hydrogen (secondary N) is 3. The molecular weight excluding hydrogens is 406 g/mol. The fourth-order valence-corrected chi connectivity index (χ4v) is 3.33. The summed E-state index contributed by atoms with van der Waals surface area (Å²) in [6.07, 6.45) is 0.780. The van der Waals surface area contributed by atoms with Gasteiger partial charge in [-0.1, -0.05) is 30.3 Å². The molecule has 0 aromatic heterocycles. The first-order valence-electron chi connectivity index (χ1n) is 9.24. The van der Waals surface area contributed by atoms with E-state index in [4.69, 9.17) is 26.4 Å². The van der Waals surface area contributed by atoms with E-state index >= 15 is 0 Å². The van der Waals surface area contributed by atoms with Crippen LogP contribution in [0.4, 0.5) is 0 Å². The molecule has 30 heavy (non-hydrogen) atoms. The minimum absolute atomic E-state index is 0.0287. The number of rotatable bonds is 6. The summed E-state index contributed by atoms with van der Waals surface area (Å²) < 4.78 is 15.7. The lowest BCUT2D eigenvalue weighted by Crippen LogP contribution is -2.49. The lowest BCUT2D eigenvalue weighted by Gasteiger charge is -2.15. The molecule has 2 atom stereocenters. The molecule has 3 N–H and O–H groups in total. The number of thiocarbonyl (C=S) groups is 1. The van der Waals surface area contributed by atoms with Crippen molar-refractivity contribution in [1.29, 1.82) is 0 Å². The molecule has 0 spiro atoms. The van der Waals surface area contributed by atoms with Gasteiger partial charge in [0.05, 0.1) is 21.3 Å². The van der Waals surface area contributed by atoms with E-state index in [1.807, 2.05) is 30.3 Å². The smallest absolute Gasteiger partial charge is 0.257 e. The molecule has 1 saturated carbocycles. The Balaban J connectivity index is 1.54. The number of methoxy groups -OCH3 is 3. The van der Waals surface area contributed by atoms with Crippen molar-refractivity contribution in [3.8, 4) is 17.2 Å². The Kier molecular flexibility index (Phi) is 6.73. The van der Waals surface area contributed by atoms with Gasteiger partial charge in [0.1, 0.15) is 0 Å². The van der Waals surface area contributed by atoms with Crippen molar-refractivity contribution < 1.29 is 23.8 Å². The summed E-state index contributed by atoms with van der Waals surface area (Å²) in [7, 11) is 4.40. The first kappa shape index (κ1) is 21.4. The third-order valence-corrected chi connectivity index (χ3v) is 5.01. The maximum atomic E-state index is 12.5. The van der Waals surface area contributed by atoms with Gasteiger partial charge in [-0.15, -0.1) is 0 Å². The maximum absolute atomic E-state index is 12.5. The molecule has 158 valence electrons. The van der Waals surface area contributed by atoms with E-state index < -0.39 is 5.91 Å². The van der Waals surface area contributed by atoms with E-state index in [0.717, 1.165) is 12.0 Å². The van der Waals surface area contributed by atoms with Crippen molar-refractivity contribution >= 4 is 29.1 Å². The van der Waals surface area contributed by atoms with Crippen LogP contribution in [0.1, 0.15) is 28.3 Å². The fraction of sp³-hybridized carbons (Fsp3) is 0.286. The van der Waals surface area contributed by atoms with Crippen molar-refractivity contribution in [2.45, 2.75) is 12.3 Å². The second-order valence-electron chi connectivity index (χ2n) is 6.67. The fourth-order valence-electron chi connectivity index (χ4n) is 3.18. The van der Waals surface area contributed by atoms with Crippen LogP contribution in [0.25, 0.3) is 0 Å². The molecule has 0 radical (unpaired) electrons. The second kappa shape index (κ2) is 9.45. The molecule has 0 bridgehead atoms. The van der Waals surface area contributed by atoms with Gasteiger partial charge in [0.15, 0.2) is 16.6 Å². The van der Waals surface area contributed by atoms with Crippen LogP contribution in [-0.4, -0.2) is 38.3 Å². The summed E-state index contributed by atoms with van der Waals surface area (Å²) in [6.45, 7) is 0. The summed E-state index contributed by atoms with van der Waals surface area (Å²) in [4.78, 5) is 24.8. The highest BCUT2D eigenvalue weighted by Gasteiger charge is 2.43. The van der Waals surface area contributed by atoms with Crippen LogP contribution in [0.2, 0.25) is 0 Å². The van der Waals surface area contributed by atoms with E-state index in [9.17, 15) is 9.59 Å². The van der Waals surface area contributed by atoms with Crippen LogP contribution >= 0.6 is 12.2 Å². The predicted octanol–water partition coefficient (Wildman–Crippen LogP) is 2.15. The number of carbonyl (C=O) groups is 2. The van der Waals surface area contributed by atoms with Gasteiger partial charge < -0.3 is 14.2 Å². The normalized spacial score (nSPS) is 16.8. The number of hydrazine groups is 1. The number of ether oxygens (including phenoxy) is 3. The van der Waals surface area contributed by atoms with E-state index in [2.05, 4.69) is 16.2 Å². The topological polar surface area (TPSA) is 97.9 Å². The van der Waals surface area contributed by atoms with Crippen LogP contribution in [0.5, 0.6) is 17.2 Å². The van der Waals surface area contributed by atoms with Gasteiger partial charge in [-0.25, -0.2) is 0 Å². The third-order valence-electron chi connectivity index (χ3n) is 4.81. The number of benzene rings is 2. The summed E-state index contributed by atoms with van der Waals surface area (Å²) in [5, 5.41) is 2.48. The molecule has 0 unspecified atom stereocenters. The van der Waals surface area contributed by atoms with E-state index in [0.29, 0.717) is 17.2 Å². The van der Waals surface area contributed by atoms with Crippen LogP contribution < -0.4 is 30.4 Å². The Morgan fingerprint density at radius 2 is 1.60 bits per heavy atom. The van der Waals surface area contributed by atoms with Gasteiger partial charge in [0.2, 0.25) is 11.7 Å². The van der Waals surface area contributed by atoms with E-state index in [1.165, 1.54) is 33.5 Å². The largest absolute Gasteiger partial charge is 0.493 e. The molecule has 2 aromatic carbocycles. The summed E-state index contributed by atoms with van der Waals surface area (Å²) in [5.74, 6) is 0.485. The maximum Gasteiger partial charge on any atom is 0.257 e. The minimum Gasteiger partial charge on any atom is -0.493 e. The zero-order valence-corrected chi connectivity index (χ0v) is 17.7. The average molecular weight is 429 g/mol. The zero-order valence-electron chi connectivity index (χ0n) is 16.9. The van der Waals surface area contributed by atoms with Crippen molar-refractivity contribution in [2.24, 2.45) is 5.92 Å². The van der Waals surface area contributed by atoms with Crippen LogP contribution in [0, 0.1) is 5.92 Å². The Bertz CT molecular complexity index is 926. The highest BCUT2D eigenvalue weighted by atomic mass is 32.1. The highest BCUT2D eigenvalue weighted by molar-refractivity contribution is 7.80. The lowest BCUT2D eigenvalue weighted by molar-refractivity contribution is -0.123. The predicted molar refractivity (Wildman–Crippen MR) is 115 cm³/mol. The van der Waals surface area contributed by atoms with Gasteiger partial charge in [-0.05, 0) is 42.3 Å². The van der Waals surface area contributed by atoms with Crippen molar-refractivity contribution in [3.05, 3.63) is 53.6 Å². The zero-order chi connectivity index (χ0) is 21.7. The summed E-state index contributed by atoms with van der Waals surface area (Å²) >= 11 is 5.10. The molecule has 1 aliphatic carbocycles. The number of carbonyl (C=O) groups excluding carboxylic acids is 2. The first-order chi connectivity index (χ1) is 14.5. The quantitative estimate of drug-likeness (QED) is 0.478. The molecule has 3 rings (SSSR count). The van der Waals surface area contributed by atoms with Crippen LogP contribution in [0.15, 0.2) is 42.5 Å².